The van der Waals surface area contributed by atoms with Crippen molar-refractivity contribution >= 4 is 11.6 Å². The van der Waals surface area contributed by atoms with E-state index in [9.17, 15) is 9.18 Å². The van der Waals surface area contributed by atoms with Gasteiger partial charge in [0, 0.05) is 23.6 Å². The van der Waals surface area contributed by atoms with Gasteiger partial charge in [-0.15, -0.1) is 0 Å². The van der Waals surface area contributed by atoms with Crippen molar-refractivity contribution in [3.63, 3.8) is 0 Å². The van der Waals surface area contributed by atoms with E-state index in [2.05, 4.69) is 35.9 Å². The molecule has 6 heteroatoms. The van der Waals surface area contributed by atoms with Crippen molar-refractivity contribution in [3.05, 3.63) is 52.6 Å². The number of anilines is 1. The molecule has 3 N–H and O–H groups in total. The number of carbonyl (C=O) groups is 1. The Balaban J connectivity index is 1.96. The summed E-state index contributed by atoms with van der Waals surface area (Å²) in [5, 5.41) is 12.1. The number of aromatic nitrogens is 1. The third kappa shape index (κ3) is 4.85. The van der Waals surface area contributed by atoms with Crippen molar-refractivity contribution in [2.24, 2.45) is 0 Å². The molecule has 0 aliphatic rings. The van der Waals surface area contributed by atoms with E-state index in [-0.39, 0.29) is 5.82 Å². The maximum absolute atomic E-state index is 13.8. The molecule has 0 bridgehead atoms. The van der Waals surface area contributed by atoms with Gasteiger partial charge in [-0.25, -0.2) is 9.87 Å². The van der Waals surface area contributed by atoms with Crippen molar-refractivity contribution in [3.8, 4) is 0 Å². The average molecular weight is 361 g/mol. The summed E-state index contributed by atoms with van der Waals surface area (Å²) in [6.45, 7) is 8.44. The Hall–Kier alpha value is -2.34. The normalized spacial score (nSPS) is 12.1. The number of hydrogen-bond donors (Lipinski definition) is 3. The van der Waals surface area contributed by atoms with Gasteiger partial charge in [-0.2, -0.15) is 0 Å². The van der Waals surface area contributed by atoms with E-state index in [4.69, 9.17) is 5.21 Å². The van der Waals surface area contributed by atoms with Gasteiger partial charge in [0.1, 0.15) is 11.9 Å². The first-order valence-electron chi connectivity index (χ1n) is 8.93. The number of benzene rings is 1. The number of aryl methyl sites for hydroxylation is 4. The Bertz CT molecular complexity index is 728. The molecule has 0 saturated carbocycles. The third-order valence-corrected chi connectivity index (χ3v) is 4.75. The molecule has 1 aromatic carbocycles. The highest BCUT2D eigenvalue weighted by atomic mass is 19.1. The maximum atomic E-state index is 13.8. The quantitative estimate of drug-likeness (QED) is 0.378. The first kappa shape index (κ1) is 20.0. The molecule has 1 heterocycles. The largest absolute Gasteiger partial charge is 0.374 e. The van der Waals surface area contributed by atoms with Crippen LogP contribution in [0.2, 0.25) is 0 Å². The smallest absolute Gasteiger partial charge is 0.265 e. The van der Waals surface area contributed by atoms with Crippen molar-refractivity contribution < 1.29 is 14.4 Å². The molecular weight excluding hydrogens is 333 g/mol. The fourth-order valence-electron chi connectivity index (χ4n) is 3.25. The number of amides is 1. The van der Waals surface area contributed by atoms with Crippen LogP contribution >= 0.6 is 0 Å². The lowest BCUT2D eigenvalue weighted by atomic mass is 10.1. The number of carbonyl (C=O) groups excluding carboxylic acids is 1. The SMILES string of the molecule is Cc1cc(NC(CCCCn2c(C)ccc2C)C(=O)NO)cc(C)c1F. The fourth-order valence-corrected chi connectivity index (χ4v) is 3.25. The summed E-state index contributed by atoms with van der Waals surface area (Å²) in [6, 6.07) is 6.96. The molecule has 0 fully saturated rings. The van der Waals surface area contributed by atoms with E-state index in [1.165, 1.54) is 11.4 Å². The lowest BCUT2D eigenvalue weighted by Gasteiger charge is -2.19. The van der Waals surface area contributed by atoms with Crippen molar-refractivity contribution in [2.75, 3.05) is 5.32 Å². The third-order valence-electron chi connectivity index (χ3n) is 4.75. The minimum Gasteiger partial charge on any atom is -0.374 e. The number of halogens is 1. The predicted octanol–water partition coefficient (Wildman–Crippen LogP) is 4.02. The number of hydroxylamine groups is 1. The Labute approximate surface area is 154 Å². The van der Waals surface area contributed by atoms with E-state index in [1.54, 1.807) is 31.5 Å². The van der Waals surface area contributed by atoms with E-state index in [0.29, 0.717) is 23.2 Å². The zero-order valence-electron chi connectivity index (χ0n) is 15.9. The van der Waals surface area contributed by atoms with Gasteiger partial charge in [-0.1, -0.05) is 0 Å². The highest BCUT2D eigenvalue weighted by Crippen LogP contribution is 2.20. The van der Waals surface area contributed by atoms with Gasteiger partial charge in [0.15, 0.2) is 0 Å². The first-order valence-corrected chi connectivity index (χ1v) is 8.93. The maximum Gasteiger partial charge on any atom is 0.265 e. The van der Waals surface area contributed by atoms with Crippen LogP contribution in [0.25, 0.3) is 0 Å². The van der Waals surface area contributed by atoms with E-state index < -0.39 is 11.9 Å². The summed E-state index contributed by atoms with van der Waals surface area (Å²) in [5.74, 6) is -0.728. The highest BCUT2D eigenvalue weighted by molar-refractivity contribution is 5.83. The van der Waals surface area contributed by atoms with E-state index in [0.717, 1.165) is 19.4 Å². The number of rotatable bonds is 8. The summed E-state index contributed by atoms with van der Waals surface area (Å²) in [5.41, 5.74) is 5.89. The summed E-state index contributed by atoms with van der Waals surface area (Å²) >= 11 is 0. The molecule has 1 aromatic heterocycles. The van der Waals surface area contributed by atoms with Crippen LogP contribution in [0.4, 0.5) is 10.1 Å². The van der Waals surface area contributed by atoms with Gasteiger partial charge in [0.05, 0.1) is 0 Å². The summed E-state index contributed by atoms with van der Waals surface area (Å²) in [4.78, 5) is 12.0. The molecule has 2 rings (SSSR count). The second-order valence-electron chi connectivity index (χ2n) is 6.86. The number of unbranched alkanes of at least 4 members (excludes halogenated alkanes) is 1. The Morgan fingerprint density at radius 1 is 1.12 bits per heavy atom. The molecule has 142 valence electrons. The summed E-state index contributed by atoms with van der Waals surface area (Å²) in [7, 11) is 0. The Morgan fingerprint density at radius 3 is 2.23 bits per heavy atom. The van der Waals surface area contributed by atoms with Crippen LogP contribution in [0.15, 0.2) is 24.3 Å². The van der Waals surface area contributed by atoms with Crippen LogP contribution in [-0.4, -0.2) is 21.7 Å². The van der Waals surface area contributed by atoms with Crippen molar-refractivity contribution in [1.29, 1.82) is 0 Å². The average Bonchev–Trinajstić information content (AvgIpc) is 2.93. The van der Waals surface area contributed by atoms with Gasteiger partial charge in [-0.3, -0.25) is 10.0 Å². The van der Waals surface area contributed by atoms with Crippen LogP contribution in [0, 0.1) is 33.5 Å². The van der Waals surface area contributed by atoms with Gasteiger partial charge >= 0.3 is 0 Å². The number of hydrogen-bond acceptors (Lipinski definition) is 3. The zero-order chi connectivity index (χ0) is 19.3. The molecule has 26 heavy (non-hydrogen) atoms. The molecule has 0 radical (unpaired) electrons. The topological polar surface area (TPSA) is 66.3 Å². The molecule has 0 aliphatic heterocycles. The highest BCUT2D eigenvalue weighted by Gasteiger charge is 2.18. The second-order valence-corrected chi connectivity index (χ2v) is 6.86. The van der Waals surface area contributed by atoms with Crippen molar-refractivity contribution in [2.45, 2.75) is 59.5 Å². The molecule has 0 spiro atoms. The monoisotopic (exact) mass is 361 g/mol. The molecule has 5 nitrogen and oxygen atoms in total. The molecular formula is C20H28FN3O2. The lowest BCUT2D eigenvalue weighted by Crippen LogP contribution is -2.38. The zero-order valence-corrected chi connectivity index (χ0v) is 15.9. The number of nitrogens with zero attached hydrogens (tertiary/aromatic N) is 1. The summed E-state index contributed by atoms with van der Waals surface area (Å²) in [6.07, 6.45) is 2.32. The predicted molar refractivity (Wildman–Crippen MR) is 101 cm³/mol. The van der Waals surface area contributed by atoms with Crippen molar-refractivity contribution in [1.82, 2.24) is 10.0 Å². The van der Waals surface area contributed by atoms with Crippen LogP contribution < -0.4 is 10.8 Å². The van der Waals surface area contributed by atoms with E-state index in [1.807, 2.05) is 0 Å². The Kier molecular flexibility index (Phi) is 6.80. The van der Waals surface area contributed by atoms with Gasteiger partial charge in [0.2, 0.25) is 0 Å². The van der Waals surface area contributed by atoms with Crippen LogP contribution in [0.3, 0.4) is 0 Å². The Morgan fingerprint density at radius 2 is 1.69 bits per heavy atom. The molecule has 1 atom stereocenters. The van der Waals surface area contributed by atoms with Gasteiger partial charge in [-0.05, 0) is 82.3 Å². The van der Waals surface area contributed by atoms with Gasteiger partial charge < -0.3 is 9.88 Å². The minimum absolute atomic E-state index is 0.240. The minimum atomic E-state index is -0.573. The van der Waals surface area contributed by atoms with Gasteiger partial charge in [0.25, 0.3) is 5.91 Å². The van der Waals surface area contributed by atoms with Crippen LogP contribution in [0.1, 0.15) is 41.8 Å². The molecule has 2 aromatic rings. The lowest BCUT2D eigenvalue weighted by molar-refractivity contribution is -0.130. The molecule has 0 saturated heterocycles. The molecule has 1 amide bonds. The number of nitrogens with one attached hydrogen (secondary N) is 2. The second kappa shape index (κ2) is 8.85. The fraction of sp³-hybridized carbons (Fsp3) is 0.450. The van der Waals surface area contributed by atoms with Crippen LogP contribution in [0.5, 0.6) is 0 Å². The molecule has 0 aliphatic carbocycles. The van der Waals surface area contributed by atoms with Crippen LogP contribution in [-0.2, 0) is 11.3 Å². The summed E-state index contributed by atoms with van der Waals surface area (Å²) < 4.78 is 16.0. The standard InChI is InChI=1S/C20H28FN3O2/c1-13-11-17(12-14(2)19(13)21)22-18(20(25)23-26)7-5-6-10-24-15(3)8-9-16(24)4/h8-9,11-12,18,22,26H,5-7,10H2,1-4H3,(H,23,25). The first-order chi connectivity index (χ1) is 12.3. The molecule has 1 unspecified atom stereocenters. The van der Waals surface area contributed by atoms with E-state index >= 15 is 0 Å².